The third-order valence-electron chi connectivity index (χ3n) is 2.90. The van der Waals surface area contributed by atoms with Crippen LogP contribution in [0.15, 0.2) is 53.0 Å². The SMILES string of the molecule is C[C@@H](NCc1ccc(Cl)cc1)c1ccc(Br)cc1. The van der Waals surface area contributed by atoms with Gasteiger partial charge in [0.1, 0.15) is 0 Å². The van der Waals surface area contributed by atoms with Crippen molar-refractivity contribution in [3.8, 4) is 0 Å². The van der Waals surface area contributed by atoms with Gasteiger partial charge in [-0.2, -0.15) is 0 Å². The van der Waals surface area contributed by atoms with Gasteiger partial charge in [-0.15, -0.1) is 0 Å². The first kappa shape index (κ1) is 13.6. The molecule has 0 saturated heterocycles. The van der Waals surface area contributed by atoms with Gasteiger partial charge in [0.2, 0.25) is 0 Å². The molecular formula is C15H15BrClN. The molecule has 0 amide bonds. The van der Waals surface area contributed by atoms with Gasteiger partial charge >= 0.3 is 0 Å². The molecule has 2 aromatic carbocycles. The highest BCUT2D eigenvalue weighted by Gasteiger charge is 2.04. The van der Waals surface area contributed by atoms with E-state index in [-0.39, 0.29) is 0 Å². The minimum atomic E-state index is 0.328. The van der Waals surface area contributed by atoms with Crippen molar-refractivity contribution in [1.82, 2.24) is 5.32 Å². The maximum atomic E-state index is 5.86. The number of nitrogens with one attached hydrogen (secondary N) is 1. The number of rotatable bonds is 4. The van der Waals surface area contributed by atoms with E-state index in [9.17, 15) is 0 Å². The van der Waals surface area contributed by atoms with Crippen molar-refractivity contribution in [2.45, 2.75) is 19.5 Å². The Hall–Kier alpha value is -0.830. The molecule has 0 aliphatic heterocycles. The zero-order valence-corrected chi connectivity index (χ0v) is 12.5. The maximum Gasteiger partial charge on any atom is 0.0406 e. The summed E-state index contributed by atoms with van der Waals surface area (Å²) >= 11 is 9.30. The van der Waals surface area contributed by atoms with Gasteiger partial charge in [0.15, 0.2) is 0 Å². The Morgan fingerprint density at radius 3 is 2.28 bits per heavy atom. The van der Waals surface area contributed by atoms with Crippen LogP contribution in [0, 0.1) is 0 Å². The monoisotopic (exact) mass is 323 g/mol. The molecule has 0 aromatic heterocycles. The predicted octanol–water partition coefficient (Wildman–Crippen LogP) is 4.95. The van der Waals surface area contributed by atoms with Gasteiger partial charge in [-0.05, 0) is 42.3 Å². The number of hydrogen-bond acceptors (Lipinski definition) is 1. The van der Waals surface area contributed by atoms with Crippen molar-refractivity contribution in [3.05, 3.63) is 69.2 Å². The van der Waals surface area contributed by atoms with Crippen LogP contribution in [-0.2, 0) is 6.54 Å². The van der Waals surface area contributed by atoms with Crippen LogP contribution >= 0.6 is 27.5 Å². The molecule has 0 spiro atoms. The Morgan fingerprint density at radius 2 is 1.67 bits per heavy atom. The summed E-state index contributed by atoms with van der Waals surface area (Å²) in [5, 5.41) is 4.27. The lowest BCUT2D eigenvalue weighted by Crippen LogP contribution is -2.17. The van der Waals surface area contributed by atoms with Gasteiger partial charge in [-0.25, -0.2) is 0 Å². The predicted molar refractivity (Wildman–Crippen MR) is 80.8 cm³/mol. The zero-order valence-electron chi connectivity index (χ0n) is 10.2. The smallest absolute Gasteiger partial charge is 0.0406 e. The number of hydrogen-bond donors (Lipinski definition) is 1. The molecule has 0 radical (unpaired) electrons. The molecule has 0 aliphatic rings. The van der Waals surface area contributed by atoms with Crippen molar-refractivity contribution in [2.24, 2.45) is 0 Å². The van der Waals surface area contributed by atoms with E-state index < -0.39 is 0 Å². The highest BCUT2D eigenvalue weighted by Crippen LogP contribution is 2.17. The molecule has 2 aromatic rings. The lowest BCUT2D eigenvalue weighted by Gasteiger charge is -2.14. The van der Waals surface area contributed by atoms with Gasteiger partial charge < -0.3 is 5.32 Å². The third-order valence-corrected chi connectivity index (χ3v) is 3.68. The fourth-order valence-corrected chi connectivity index (χ4v) is 2.13. The Balaban J connectivity index is 1.93. The van der Waals surface area contributed by atoms with E-state index in [0.29, 0.717) is 6.04 Å². The first-order valence-corrected chi connectivity index (χ1v) is 7.05. The van der Waals surface area contributed by atoms with Crippen LogP contribution in [0.25, 0.3) is 0 Å². The number of halogens is 2. The molecule has 0 aliphatic carbocycles. The zero-order chi connectivity index (χ0) is 13.0. The molecule has 94 valence electrons. The van der Waals surface area contributed by atoms with Gasteiger partial charge in [-0.1, -0.05) is 51.8 Å². The topological polar surface area (TPSA) is 12.0 Å². The molecular weight excluding hydrogens is 310 g/mol. The molecule has 18 heavy (non-hydrogen) atoms. The van der Waals surface area contributed by atoms with E-state index in [4.69, 9.17) is 11.6 Å². The quantitative estimate of drug-likeness (QED) is 0.838. The Bertz CT molecular complexity index is 493. The summed E-state index contributed by atoms with van der Waals surface area (Å²) in [4.78, 5) is 0. The van der Waals surface area contributed by atoms with E-state index in [1.165, 1.54) is 11.1 Å². The van der Waals surface area contributed by atoms with Gasteiger partial charge in [-0.3, -0.25) is 0 Å². The van der Waals surface area contributed by atoms with E-state index in [2.05, 4.69) is 52.4 Å². The molecule has 1 atom stereocenters. The van der Waals surface area contributed by atoms with Crippen LogP contribution in [0.4, 0.5) is 0 Å². The first-order valence-electron chi connectivity index (χ1n) is 5.88. The summed E-state index contributed by atoms with van der Waals surface area (Å²) < 4.78 is 1.11. The Morgan fingerprint density at radius 1 is 1.06 bits per heavy atom. The van der Waals surface area contributed by atoms with E-state index in [1.54, 1.807) is 0 Å². The first-order chi connectivity index (χ1) is 8.65. The standard InChI is InChI=1S/C15H15BrClN/c1-11(13-4-6-14(16)7-5-13)18-10-12-2-8-15(17)9-3-12/h2-9,11,18H,10H2,1H3/t11-/m1/s1. The molecule has 0 heterocycles. The van der Waals surface area contributed by atoms with Crippen molar-refractivity contribution < 1.29 is 0 Å². The van der Waals surface area contributed by atoms with Crippen molar-refractivity contribution >= 4 is 27.5 Å². The molecule has 1 nitrogen and oxygen atoms in total. The molecule has 0 unspecified atom stereocenters. The highest BCUT2D eigenvalue weighted by atomic mass is 79.9. The van der Waals surface area contributed by atoms with Crippen LogP contribution in [-0.4, -0.2) is 0 Å². The second-order valence-electron chi connectivity index (χ2n) is 4.28. The second kappa shape index (κ2) is 6.37. The van der Waals surface area contributed by atoms with Crippen LogP contribution in [0.3, 0.4) is 0 Å². The Kier molecular flexibility index (Phi) is 4.81. The fourth-order valence-electron chi connectivity index (χ4n) is 1.74. The number of benzene rings is 2. The minimum absolute atomic E-state index is 0.328. The molecule has 3 heteroatoms. The minimum Gasteiger partial charge on any atom is -0.306 e. The van der Waals surface area contributed by atoms with Gasteiger partial charge in [0, 0.05) is 22.1 Å². The summed E-state index contributed by atoms with van der Waals surface area (Å²) in [6, 6.07) is 16.6. The molecule has 0 bridgehead atoms. The Labute approximate surface area is 121 Å². The summed E-state index contributed by atoms with van der Waals surface area (Å²) in [6.07, 6.45) is 0. The van der Waals surface area contributed by atoms with Crippen LogP contribution in [0.5, 0.6) is 0 Å². The van der Waals surface area contributed by atoms with Crippen LogP contribution < -0.4 is 5.32 Å². The molecule has 0 saturated carbocycles. The molecule has 0 fully saturated rings. The average molecular weight is 325 g/mol. The van der Waals surface area contributed by atoms with Crippen LogP contribution in [0.2, 0.25) is 5.02 Å². The fraction of sp³-hybridized carbons (Fsp3) is 0.200. The second-order valence-corrected chi connectivity index (χ2v) is 5.63. The third kappa shape index (κ3) is 3.84. The largest absolute Gasteiger partial charge is 0.306 e. The lowest BCUT2D eigenvalue weighted by atomic mass is 10.1. The average Bonchev–Trinajstić information content (AvgIpc) is 2.38. The maximum absolute atomic E-state index is 5.86. The molecule has 1 N–H and O–H groups in total. The van der Waals surface area contributed by atoms with Crippen molar-refractivity contribution in [2.75, 3.05) is 0 Å². The van der Waals surface area contributed by atoms with Crippen LogP contribution in [0.1, 0.15) is 24.1 Å². The summed E-state index contributed by atoms with van der Waals surface area (Å²) in [5.41, 5.74) is 2.52. The van der Waals surface area contributed by atoms with Gasteiger partial charge in [0.25, 0.3) is 0 Å². The van der Waals surface area contributed by atoms with E-state index >= 15 is 0 Å². The molecule has 2 rings (SSSR count). The summed E-state index contributed by atoms with van der Waals surface area (Å²) in [5.74, 6) is 0. The van der Waals surface area contributed by atoms with Crippen molar-refractivity contribution in [3.63, 3.8) is 0 Å². The lowest BCUT2D eigenvalue weighted by molar-refractivity contribution is 0.574. The van der Waals surface area contributed by atoms with Gasteiger partial charge in [0.05, 0.1) is 0 Å². The summed E-state index contributed by atoms with van der Waals surface area (Å²) in [7, 11) is 0. The van der Waals surface area contributed by atoms with E-state index in [0.717, 1.165) is 16.0 Å². The summed E-state index contributed by atoms with van der Waals surface area (Å²) in [6.45, 7) is 3.01. The van der Waals surface area contributed by atoms with Crippen molar-refractivity contribution in [1.29, 1.82) is 0 Å². The highest BCUT2D eigenvalue weighted by molar-refractivity contribution is 9.10. The normalized spacial score (nSPS) is 12.4. The van der Waals surface area contributed by atoms with E-state index in [1.807, 2.05) is 24.3 Å².